The summed E-state index contributed by atoms with van der Waals surface area (Å²) in [5.74, 6) is -0.0402. The highest BCUT2D eigenvalue weighted by Crippen LogP contribution is 2.24. The minimum Gasteiger partial charge on any atom is -0.448 e. The Labute approximate surface area is 138 Å². The maximum absolute atomic E-state index is 12.7. The summed E-state index contributed by atoms with van der Waals surface area (Å²) in [4.78, 5) is 31.4. The number of aromatic nitrogens is 2. The molecule has 1 unspecified atom stereocenters. The van der Waals surface area contributed by atoms with Gasteiger partial charge in [-0.2, -0.15) is 0 Å². The van der Waals surface area contributed by atoms with Crippen LogP contribution in [0.3, 0.4) is 0 Å². The summed E-state index contributed by atoms with van der Waals surface area (Å²) < 4.78 is 6.99. The predicted molar refractivity (Wildman–Crippen MR) is 90.8 cm³/mol. The third-order valence-corrected chi connectivity index (χ3v) is 4.78. The van der Waals surface area contributed by atoms with E-state index in [0.29, 0.717) is 11.1 Å². The zero-order valence-corrected chi connectivity index (χ0v) is 13.6. The van der Waals surface area contributed by atoms with Crippen LogP contribution in [0.25, 0.3) is 22.1 Å². The summed E-state index contributed by atoms with van der Waals surface area (Å²) in [6, 6.07) is 7.64. The summed E-state index contributed by atoms with van der Waals surface area (Å²) >= 11 is 0. The van der Waals surface area contributed by atoms with Crippen molar-refractivity contribution >= 4 is 28.0 Å². The number of nitrogens with zero attached hydrogens (tertiary/aromatic N) is 3. The Morgan fingerprint density at radius 3 is 3.00 bits per heavy atom. The largest absolute Gasteiger partial charge is 0.448 e. The molecule has 3 heterocycles. The number of fused-ring (bicyclic) bond motifs is 3. The van der Waals surface area contributed by atoms with Gasteiger partial charge in [0, 0.05) is 18.0 Å². The van der Waals surface area contributed by atoms with E-state index >= 15 is 0 Å². The minimum atomic E-state index is -0.311. The molecule has 6 heteroatoms. The number of carbonyl (C=O) groups is 1. The van der Waals surface area contributed by atoms with Crippen LogP contribution in [0.5, 0.6) is 0 Å². The van der Waals surface area contributed by atoms with Gasteiger partial charge in [0.05, 0.1) is 6.33 Å². The Kier molecular flexibility index (Phi) is 3.59. The van der Waals surface area contributed by atoms with Gasteiger partial charge in [-0.3, -0.25) is 14.2 Å². The number of rotatable bonds is 2. The number of benzene rings is 1. The first-order valence-corrected chi connectivity index (χ1v) is 8.31. The van der Waals surface area contributed by atoms with E-state index in [0.717, 1.165) is 31.2 Å². The van der Waals surface area contributed by atoms with Crippen molar-refractivity contribution in [3.05, 3.63) is 40.9 Å². The number of likely N-dealkylation sites (tertiary alicyclic amines) is 1. The van der Waals surface area contributed by atoms with Crippen LogP contribution in [0.15, 0.2) is 39.8 Å². The SMILES string of the molecule is CC1CCCCN1C(=O)Cn1cnc2c(oc3ccccc32)c1=O. The van der Waals surface area contributed by atoms with Gasteiger partial charge >= 0.3 is 0 Å². The first-order valence-electron chi connectivity index (χ1n) is 8.31. The fraction of sp³-hybridized carbons (Fsp3) is 0.389. The number of para-hydroxylation sites is 1. The van der Waals surface area contributed by atoms with Crippen LogP contribution < -0.4 is 5.56 Å². The first kappa shape index (κ1) is 14.9. The molecule has 124 valence electrons. The molecule has 0 bridgehead atoms. The molecule has 1 aliphatic rings. The van der Waals surface area contributed by atoms with E-state index in [4.69, 9.17) is 4.42 Å². The van der Waals surface area contributed by atoms with E-state index in [1.165, 1.54) is 10.9 Å². The molecular weight excluding hydrogens is 306 g/mol. The highest BCUT2D eigenvalue weighted by Gasteiger charge is 2.24. The van der Waals surface area contributed by atoms with Crippen molar-refractivity contribution in [3.8, 4) is 0 Å². The Bertz CT molecular complexity index is 972. The summed E-state index contributed by atoms with van der Waals surface area (Å²) in [5, 5.41) is 0.813. The summed E-state index contributed by atoms with van der Waals surface area (Å²) in [6.45, 7) is 2.82. The van der Waals surface area contributed by atoms with Gasteiger partial charge in [0.1, 0.15) is 17.6 Å². The number of hydrogen-bond donors (Lipinski definition) is 0. The van der Waals surface area contributed by atoms with Crippen molar-refractivity contribution in [1.82, 2.24) is 14.5 Å². The van der Waals surface area contributed by atoms with Crippen molar-refractivity contribution in [2.45, 2.75) is 38.8 Å². The molecule has 0 N–H and O–H groups in total. The normalized spacial score (nSPS) is 18.4. The monoisotopic (exact) mass is 325 g/mol. The third kappa shape index (κ3) is 2.38. The van der Waals surface area contributed by atoms with E-state index < -0.39 is 0 Å². The van der Waals surface area contributed by atoms with Crippen LogP contribution in [0.1, 0.15) is 26.2 Å². The molecule has 24 heavy (non-hydrogen) atoms. The molecule has 1 aliphatic heterocycles. The van der Waals surface area contributed by atoms with Gasteiger partial charge in [0.25, 0.3) is 5.56 Å². The highest BCUT2D eigenvalue weighted by molar-refractivity contribution is 6.01. The zero-order chi connectivity index (χ0) is 16.7. The average molecular weight is 325 g/mol. The molecule has 0 saturated carbocycles. The van der Waals surface area contributed by atoms with Crippen LogP contribution in [0.2, 0.25) is 0 Å². The lowest BCUT2D eigenvalue weighted by Gasteiger charge is -2.33. The topological polar surface area (TPSA) is 68.3 Å². The minimum absolute atomic E-state index is 0.00313. The van der Waals surface area contributed by atoms with Crippen molar-refractivity contribution in [1.29, 1.82) is 0 Å². The van der Waals surface area contributed by atoms with E-state index in [1.807, 2.05) is 23.1 Å². The number of amides is 1. The van der Waals surface area contributed by atoms with Crippen molar-refractivity contribution < 1.29 is 9.21 Å². The van der Waals surface area contributed by atoms with Gasteiger partial charge in [-0.15, -0.1) is 0 Å². The Balaban J connectivity index is 1.70. The van der Waals surface area contributed by atoms with Gasteiger partial charge in [-0.1, -0.05) is 12.1 Å². The summed E-state index contributed by atoms with van der Waals surface area (Å²) in [6.07, 6.45) is 4.63. The second kappa shape index (κ2) is 5.78. The summed E-state index contributed by atoms with van der Waals surface area (Å²) in [7, 11) is 0. The fourth-order valence-corrected chi connectivity index (χ4v) is 3.43. The second-order valence-electron chi connectivity index (χ2n) is 6.39. The van der Waals surface area contributed by atoms with Crippen molar-refractivity contribution in [2.75, 3.05) is 6.54 Å². The second-order valence-corrected chi connectivity index (χ2v) is 6.39. The maximum atomic E-state index is 12.7. The number of furan rings is 1. The Morgan fingerprint density at radius 1 is 1.33 bits per heavy atom. The van der Waals surface area contributed by atoms with Crippen molar-refractivity contribution in [2.24, 2.45) is 0 Å². The van der Waals surface area contributed by atoms with E-state index in [9.17, 15) is 9.59 Å². The molecule has 0 radical (unpaired) electrons. The number of piperidine rings is 1. The van der Waals surface area contributed by atoms with E-state index in [-0.39, 0.29) is 29.6 Å². The molecule has 3 aromatic rings. The zero-order valence-electron chi connectivity index (χ0n) is 13.6. The predicted octanol–water partition coefficient (Wildman–Crippen LogP) is 2.54. The fourth-order valence-electron chi connectivity index (χ4n) is 3.43. The molecule has 4 rings (SSSR count). The van der Waals surface area contributed by atoms with Crippen LogP contribution in [0.4, 0.5) is 0 Å². The van der Waals surface area contributed by atoms with Gasteiger partial charge in [-0.05, 0) is 38.3 Å². The Morgan fingerprint density at radius 2 is 2.17 bits per heavy atom. The van der Waals surface area contributed by atoms with E-state index in [1.54, 1.807) is 6.07 Å². The molecule has 1 amide bonds. The van der Waals surface area contributed by atoms with E-state index in [2.05, 4.69) is 11.9 Å². The molecule has 0 spiro atoms. The number of carbonyl (C=O) groups excluding carboxylic acids is 1. The van der Waals surface area contributed by atoms with Crippen LogP contribution >= 0.6 is 0 Å². The number of hydrogen-bond acceptors (Lipinski definition) is 4. The molecule has 1 atom stereocenters. The van der Waals surface area contributed by atoms with Gasteiger partial charge < -0.3 is 9.32 Å². The first-order chi connectivity index (χ1) is 11.6. The standard InChI is InChI=1S/C18H19N3O3/c1-12-6-4-5-9-21(12)15(22)10-20-11-19-16-13-7-2-3-8-14(13)24-17(16)18(20)23/h2-3,7-8,11-12H,4-6,9-10H2,1H3. The van der Waals surface area contributed by atoms with Crippen molar-refractivity contribution in [3.63, 3.8) is 0 Å². The lowest BCUT2D eigenvalue weighted by molar-refractivity contribution is -0.135. The molecular formula is C18H19N3O3. The van der Waals surface area contributed by atoms with Gasteiger partial charge in [-0.25, -0.2) is 4.98 Å². The lowest BCUT2D eigenvalue weighted by Crippen LogP contribution is -2.44. The highest BCUT2D eigenvalue weighted by atomic mass is 16.3. The van der Waals surface area contributed by atoms with Gasteiger partial charge in [0.2, 0.25) is 11.5 Å². The molecule has 1 saturated heterocycles. The third-order valence-electron chi connectivity index (χ3n) is 4.78. The molecule has 1 aromatic carbocycles. The van der Waals surface area contributed by atoms with Crippen LogP contribution in [-0.4, -0.2) is 32.9 Å². The van der Waals surface area contributed by atoms with Crippen LogP contribution in [0, 0.1) is 0 Å². The average Bonchev–Trinajstić information content (AvgIpc) is 2.97. The summed E-state index contributed by atoms with van der Waals surface area (Å²) in [5.41, 5.74) is 1.07. The quantitative estimate of drug-likeness (QED) is 0.726. The molecule has 2 aromatic heterocycles. The van der Waals surface area contributed by atoms with Gasteiger partial charge in [0.15, 0.2) is 0 Å². The molecule has 6 nitrogen and oxygen atoms in total. The maximum Gasteiger partial charge on any atom is 0.297 e. The Hall–Kier alpha value is -2.63. The van der Waals surface area contributed by atoms with Crippen LogP contribution in [-0.2, 0) is 11.3 Å². The molecule has 0 aliphatic carbocycles. The smallest absolute Gasteiger partial charge is 0.297 e. The lowest BCUT2D eigenvalue weighted by atomic mass is 10.0. The molecule has 1 fully saturated rings.